The van der Waals surface area contributed by atoms with Crippen LogP contribution in [0.4, 0.5) is 10.1 Å². The Bertz CT molecular complexity index is 1200. The van der Waals surface area contributed by atoms with Crippen molar-refractivity contribution in [3.63, 3.8) is 0 Å². The van der Waals surface area contributed by atoms with Gasteiger partial charge in [-0.05, 0) is 19.9 Å². The fourth-order valence-corrected chi connectivity index (χ4v) is 5.17. The number of carbonyl (C=O) groups is 2. The lowest BCUT2D eigenvalue weighted by atomic mass is 10.1. The first-order valence-electron chi connectivity index (χ1n) is 10.8. The molecule has 2 aliphatic heterocycles. The number of aromatic nitrogens is 2. The van der Waals surface area contributed by atoms with Gasteiger partial charge in [-0.25, -0.2) is 9.37 Å². The first-order valence-corrected chi connectivity index (χ1v) is 11.6. The smallest absolute Gasteiger partial charge is 0.273 e. The van der Waals surface area contributed by atoms with Gasteiger partial charge in [-0.3, -0.25) is 9.59 Å². The van der Waals surface area contributed by atoms with Crippen molar-refractivity contribution in [1.29, 1.82) is 0 Å². The highest BCUT2D eigenvalue weighted by Gasteiger charge is 2.30. The van der Waals surface area contributed by atoms with Gasteiger partial charge >= 0.3 is 0 Å². The lowest BCUT2D eigenvalue weighted by molar-refractivity contribution is -0.00543. The van der Waals surface area contributed by atoms with Crippen LogP contribution in [0.1, 0.15) is 34.7 Å². The van der Waals surface area contributed by atoms with Crippen molar-refractivity contribution in [2.45, 2.75) is 26.1 Å². The zero-order valence-corrected chi connectivity index (χ0v) is 19.1. The van der Waals surface area contributed by atoms with Gasteiger partial charge in [-0.1, -0.05) is 5.16 Å². The van der Waals surface area contributed by atoms with E-state index in [-0.39, 0.29) is 40.6 Å². The number of hydrogen-bond donors (Lipinski definition) is 0. The fraction of sp³-hybridized carbons (Fsp3) is 0.455. The number of benzene rings is 1. The molecular weight excluding hydrogens is 451 g/mol. The molecule has 174 valence electrons. The Morgan fingerprint density at radius 2 is 1.97 bits per heavy atom. The molecule has 9 nitrogen and oxygen atoms in total. The predicted molar refractivity (Wildman–Crippen MR) is 119 cm³/mol. The second kappa shape index (κ2) is 8.81. The van der Waals surface area contributed by atoms with Crippen LogP contribution in [0, 0.1) is 5.82 Å². The average Bonchev–Trinajstić information content (AvgIpc) is 3.45. The first-order chi connectivity index (χ1) is 16.0. The zero-order valence-electron chi connectivity index (χ0n) is 18.2. The number of nitrogens with zero attached hydrogens (tertiary/aromatic N) is 4. The van der Waals surface area contributed by atoms with Crippen molar-refractivity contribution >= 4 is 40.2 Å². The minimum atomic E-state index is -0.643. The quantitative estimate of drug-likeness (QED) is 0.533. The zero-order chi connectivity index (χ0) is 23.1. The highest BCUT2D eigenvalue weighted by atomic mass is 32.1. The summed E-state index contributed by atoms with van der Waals surface area (Å²) >= 11 is 1.22. The number of morpholine rings is 2. The molecule has 1 aromatic carbocycles. The Balaban J connectivity index is 1.51. The van der Waals surface area contributed by atoms with Crippen molar-refractivity contribution in [1.82, 2.24) is 15.0 Å². The van der Waals surface area contributed by atoms with Crippen LogP contribution in [0.25, 0.3) is 21.7 Å². The molecule has 2 saturated heterocycles. The standard InChI is InChI=1S/C22H23FN4O5S/c1-12-8-27(9-13(2)31-12)19-14(10-28)7-15-18(25-32-20(15)17(19)23)21-24-16(11-33-21)22(29)26-3-5-30-6-4-26/h7,10-13H,3-6,8-9H2,1-2H3/t12-,13+. The minimum Gasteiger partial charge on any atom is -0.378 e. The van der Waals surface area contributed by atoms with Crippen LogP contribution >= 0.6 is 11.3 Å². The van der Waals surface area contributed by atoms with Gasteiger partial charge in [0.15, 0.2) is 17.8 Å². The third kappa shape index (κ3) is 4.00. The van der Waals surface area contributed by atoms with Crippen LogP contribution in [0.2, 0.25) is 0 Å². The largest absolute Gasteiger partial charge is 0.378 e. The van der Waals surface area contributed by atoms with E-state index in [0.717, 1.165) is 0 Å². The summed E-state index contributed by atoms with van der Waals surface area (Å²) in [6, 6.07) is 1.57. The highest BCUT2D eigenvalue weighted by Crippen LogP contribution is 2.38. The molecule has 0 radical (unpaired) electrons. The normalized spacial score (nSPS) is 21.5. The van der Waals surface area contributed by atoms with Gasteiger partial charge in [0.1, 0.15) is 10.7 Å². The van der Waals surface area contributed by atoms with Crippen molar-refractivity contribution in [2.24, 2.45) is 0 Å². The molecule has 11 heteroatoms. The van der Waals surface area contributed by atoms with Crippen LogP contribution in [-0.2, 0) is 9.47 Å². The molecule has 0 unspecified atom stereocenters. The summed E-state index contributed by atoms with van der Waals surface area (Å²) in [4.78, 5) is 32.6. The molecule has 1 amide bonds. The van der Waals surface area contributed by atoms with E-state index >= 15 is 4.39 Å². The van der Waals surface area contributed by atoms with Gasteiger partial charge in [-0.2, -0.15) is 0 Å². The van der Waals surface area contributed by atoms with Gasteiger partial charge in [0.2, 0.25) is 5.58 Å². The fourth-order valence-electron chi connectivity index (χ4n) is 4.38. The molecule has 2 aliphatic rings. The molecule has 2 fully saturated rings. The summed E-state index contributed by atoms with van der Waals surface area (Å²) in [6.45, 7) is 6.72. The van der Waals surface area contributed by atoms with E-state index in [4.69, 9.17) is 14.0 Å². The second-order valence-corrected chi connectivity index (χ2v) is 9.12. The lowest BCUT2D eigenvalue weighted by Gasteiger charge is -2.37. The SMILES string of the molecule is C[C@@H]1CN(c2c(C=O)cc3c(-c4nc(C(=O)N5CCOCC5)cs4)noc3c2F)C[C@H](C)O1. The highest BCUT2D eigenvalue weighted by molar-refractivity contribution is 7.13. The maximum Gasteiger partial charge on any atom is 0.273 e. The topological polar surface area (TPSA) is 98.0 Å². The number of carbonyl (C=O) groups excluding carboxylic acids is 2. The van der Waals surface area contributed by atoms with Gasteiger partial charge < -0.3 is 23.8 Å². The van der Waals surface area contributed by atoms with Crippen molar-refractivity contribution in [3.05, 3.63) is 28.5 Å². The minimum absolute atomic E-state index is 0.0475. The summed E-state index contributed by atoms with van der Waals surface area (Å²) in [5, 5.41) is 6.44. The lowest BCUT2D eigenvalue weighted by Crippen LogP contribution is -2.46. The summed E-state index contributed by atoms with van der Waals surface area (Å²) in [7, 11) is 0. The molecule has 0 spiro atoms. The van der Waals surface area contributed by atoms with E-state index in [1.165, 1.54) is 11.3 Å². The van der Waals surface area contributed by atoms with E-state index < -0.39 is 5.82 Å². The Morgan fingerprint density at radius 1 is 1.24 bits per heavy atom. The van der Waals surface area contributed by atoms with E-state index in [2.05, 4.69) is 10.1 Å². The van der Waals surface area contributed by atoms with Crippen LogP contribution in [0.5, 0.6) is 0 Å². The average molecular weight is 475 g/mol. The van der Waals surface area contributed by atoms with Crippen molar-refractivity contribution in [3.8, 4) is 10.7 Å². The monoisotopic (exact) mass is 474 g/mol. The number of anilines is 1. The van der Waals surface area contributed by atoms with E-state index in [0.29, 0.717) is 61.8 Å². The first kappa shape index (κ1) is 21.9. The number of fused-ring (bicyclic) bond motifs is 1. The summed E-state index contributed by atoms with van der Waals surface area (Å²) in [5.74, 6) is -0.831. The predicted octanol–water partition coefficient (Wildman–Crippen LogP) is 2.99. The third-order valence-corrected chi connectivity index (χ3v) is 6.64. The Hall–Kier alpha value is -2.89. The number of amides is 1. The summed E-state index contributed by atoms with van der Waals surface area (Å²) < 4.78 is 32.0. The van der Waals surface area contributed by atoms with Gasteiger partial charge in [-0.15, -0.1) is 11.3 Å². The maximum atomic E-state index is 15.6. The molecule has 5 rings (SSSR count). The van der Waals surface area contributed by atoms with Crippen LogP contribution in [0.3, 0.4) is 0 Å². The second-order valence-electron chi connectivity index (χ2n) is 8.26. The molecule has 2 atom stereocenters. The van der Waals surface area contributed by atoms with Crippen molar-refractivity contribution < 1.29 is 28.0 Å². The van der Waals surface area contributed by atoms with E-state index in [1.807, 2.05) is 18.7 Å². The van der Waals surface area contributed by atoms with Crippen LogP contribution in [-0.4, -0.2) is 78.8 Å². The molecule has 2 aromatic heterocycles. The molecular formula is C22H23FN4O5S. The number of ether oxygens (including phenoxy) is 2. The van der Waals surface area contributed by atoms with E-state index in [1.54, 1.807) is 16.3 Å². The molecule has 0 aliphatic carbocycles. The van der Waals surface area contributed by atoms with Crippen LogP contribution in [0.15, 0.2) is 16.0 Å². The van der Waals surface area contributed by atoms with Gasteiger partial charge in [0.05, 0.1) is 36.5 Å². The Morgan fingerprint density at radius 3 is 2.67 bits per heavy atom. The van der Waals surface area contributed by atoms with Gasteiger partial charge in [0.25, 0.3) is 5.91 Å². The molecule has 4 heterocycles. The number of thiazole rings is 1. The van der Waals surface area contributed by atoms with Crippen molar-refractivity contribution in [2.75, 3.05) is 44.3 Å². The number of rotatable bonds is 4. The third-order valence-electron chi connectivity index (χ3n) is 5.80. The van der Waals surface area contributed by atoms with E-state index in [9.17, 15) is 9.59 Å². The molecule has 0 N–H and O–H groups in total. The maximum absolute atomic E-state index is 15.6. The van der Waals surface area contributed by atoms with Gasteiger partial charge in [0, 0.05) is 37.1 Å². The number of aldehydes is 1. The number of halogens is 1. The molecule has 3 aromatic rings. The summed E-state index contributed by atoms with van der Waals surface area (Å²) in [5.41, 5.74) is 0.926. The van der Waals surface area contributed by atoms with Crippen LogP contribution < -0.4 is 4.90 Å². The Kier molecular flexibility index (Phi) is 5.85. The number of hydrogen-bond acceptors (Lipinski definition) is 9. The summed E-state index contributed by atoms with van der Waals surface area (Å²) in [6.07, 6.45) is 0.423. The molecule has 33 heavy (non-hydrogen) atoms. The molecule has 0 bridgehead atoms. The molecule has 0 saturated carbocycles. The Labute approximate surface area is 193 Å².